The molecule has 4 aromatic rings. The van der Waals surface area contributed by atoms with Crippen molar-refractivity contribution in [3.63, 3.8) is 0 Å². The number of benzene rings is 2. The zero-order chi connectivity index (χ0) is 28.7. The van der Waals surface area contributed by atoms with E-state index in [0.29, 0.717) is 68.2 Å². The molecule has 2 aromatic heterocycles. The van der Waals surface area contributed by atoms with Crippen LogP contribution in [0.2, 0.25) is 15.1 Å². The number of halogens is 4. The molecule has 0 amide bonds. The first-order chi connectivity index (χ1) is 19.9. The largest absolute Gasteiger partial charge is 0.395 e. The summed E-state index contributed by atoms with van der Waals surface area (Å²) in [5, 5.41) is 20.6. The molecule has 1 atom stereocenters. The zero-order valence-electron chi connectivity index (χ0n) is 21.5. The number of rotatable bonds is 8. The fraction of sp³-hybridized carbons (Fsp3) is 0.179. The number of hydrogen-bond acceptors (Lipinski definition) is 8. The number of nitrogens with two attached hydrogens (primary N) is 1. The highest BCUT2D eigenvalue weighted by Gasteiger charge is 2.31. The number of hydrazine groups is 1. The van der Waals surface area contributed by atoms with Crippen LogP contribution in [0, 0.1) is 0 Å². The molecular formula is C28H24Cl4N8O. The van der Waals surface area contributed by atoms with Gasteiger partial charge in [0.1, 0.15) is 0 Å². The second-order valence-corrected chi connectivity index (χ2v) is 11.0. The minimum absolute atomic E-state index is 0.0593. The van der Waals surface area contributed by atoms with Gasteiger partial charge in [0.05, 0.1) is 26.7 Å². The van der Waals surface area contributed by atoms with E-state index in [1.54, 1.807) is 16.8 Å². The van der Waals surface area contributed by atoms with Gasteiger partial charge in [-0.15, -0.1) is 5.10 Å². The Labute approximate surface area is 255 Å². The Bertz CT molecular complexity index is 1750. The van der Waals surface area contributed by atoms with Crippen molar-refractivity contribution >= 4 is 57.9 Å². The third-order valence-electron chi connectivity index (χ3n) is 6.71. The van der Waals surface area contributed by atoms with Gasteiger partial charge in [0.15, 0.2) is 23.5 Å². The Hall–Kier alpha value is -3.15. The molecule has 5 N–H and O–H groups in total. The molecule has 2 aliphatic heterocycles. The topological polar surface area (TPSA) is 116 Å². The second kappa shape index (κ2) is 11.6. The van der Waals surface area contributed by atoms with E-state index in [4.69, 9.17) is 62.2 Å². The molecule has 6 rings (SSSR count). The minimum Gasteiger partial charge on any atom is -0.395 e. The van der Waals surface area contributed by atoms with Gasteiger partial charge in [-0.05, 0) is 35.4 Å². The van der Waals surface area contributed by atoms with Crippen LogP contribution in [0.4, 0.5) is 0 Å². The molecule has 9 nitrogen and oxygen atoms in total. The van der Waals surface area contributed by atoms with Gasteiger partial charge in [-0.25, -0.2) is 14.5 Å². The predicted molar refractivity (Wildman–Crippen MR) is 164 cm³/mol. The number of nitrogens with zero attached hydrogens (tertiary/aromatic N) is 5. The lowest BCUT2D eigenvalue weighted by Crippen LogP contribution is -2.39. The summed E-state index contributed by atoms with van der Waals surface area (Å²) in [5.74, 6) is 1.00. The van der Waals surface area contributed by atoms with Crippen molar-refractivity contribution in [3.8, 4) is 22.5 Å². The number of aliphatic hydroxyl groups is 1. The average molecular weight is 630 g/mol. The van der Waals surface area contributed by atoms with Crippen LogP contribution < -0.4 is 16.5 Å². The van der Waals surface area contributed by atoms with Crippen LogP contribution in [0.1, 0.15) is 11.1 Å². The molecular weight excluding hydrogens is 606 g/mol. The second-order valence-electron chi connectivity index (χ2n) is 9.44. The number of aliphatic hydroxyl groups excluding tert-OH is 1. The molecule has 2 aliphatic rings. The van der Waals surface area contributed by atoms with E-state index in [-0.39, 0.29) is 6.61 Å². The van der Waals surface area contributed by atoms with Gasteiger partial charge in [0, 0.05) is 54.3 Å². The molecule has 2 aromatic carbocycles. The molecule has 210 valence electrons. The highest BCUT2D eigenvalue weighted by molar-refractivity contribution is 6.40. The lowest BCUT2D eigenvalue weighted by molar-refractivity contribution is 0.292. The van der Waals surface area contributed by atoms with Crippen LogP contribution in [-0.2, 0) is 6.54 Å². The summed E-state index contributed by atoms with van der Waals surface area (Å²) >= 11 is 27.0. The van der Waals surface area contributed by atoms with Gasteiger partial charge in [-0.1, -0.05) is 70.7 Å². The molecule has 0 radical (unpaired) electrons. The van der Waals surface area contributed by atoms with Crippen molar-refractivity contribution in [3.05, 3.63) is 97.7 Å². The normalized spacial score (nSPS) is 16.4. The number of aliphatic imine (C=N–C) groups is 1. The van der Waals surface area contributed by atoms with E-state index >= 15 is 0 Å². The van der Waals surface area contributed by atoms with E-state index in [9.17, 15) is 0 Å². The van der Waals surface area contributed by atoms with E-state index in [1.807, 2.05) is 53.7 Å². The Morgan fingerprint density at radius 1 is 1.00 bits per heavy atom. The lowest BCUT2D eigenvalue weighted by atomic mass is 10.00. The Balaban J connectivity index is 1.33. The van der Waals surface area contributed by atoms with Crippen molar-refractivity contribution in [1.29, 1.82) is 0 Å². The van der Waals surface area contributed by atoms with Gasteiger partial charge >= 0.3 is 0 Å². The number of amidine groups is 1. The SMILES string of the molecule is NCc1cc(Cl)c2nc(-c3cccc(-c4cccc(C5=NC6C(Cl)=CC(CNCCO)=CN6N5)c4Cl)c3Cl)nn2c1. The maximum atomic E-state index is 9.04. The summed E-state index contributed by atoms with van der Waals surface area (Å²) in [5.41, 5.74) is 14.2. The predicted octanol–water partition coefficient (Wildman–Crippen LogP) is 4.98. The molecule has 41 heavy (non-hydrogen) atoms. The number of fused-ring (bicyclic) bond motifs is 2. The summed E-state index contributed by atoms with van der Waals surface area (Å²) in [4.78, 5) is 9.41. The molecule has 0 spiro atoms. The van der Waals surface area contributed by atoms with Gasteiger partial charge in [-0.2, -0.15) is 0 Å². The van der Waals surface area contributed by atoms with Crippen molar-refractivity contribution < 1.29 is 5.11 Å². The van der Waals surface area contributed by atoms with Crippen LogP contribution >= 0.6 is 46.4 Å². The molecule has 0 saturated heterocycles. The van der Waals surface area contributed by atoms with Crippen LogP contribution in [0.5, 0.6) is 0 Å². The van der Waals surface area contributed by atoms with Crippen molar-refractivity contribution in [1.82, 2.24) is 30.3 Å². The third-order valence-corrected chi connectivity index (χ3v) is 8.10. The summed E-state index contributed by atoms with van der Waals surface area (Å²) in [7, 11) is 0. The minimum atomic E-state index is -0.410. The smallest absolute Gasteiger partial charge is 0.183 e. The fourth-order valence-corrected chi connectivity index (χ4v) is 5.95. The Kier molecular flexibility index (Phi) is 7.93. The van der Waals surface area contributed by atoms with Crippen molar-refractivity contribution in [2.75, 3.05) is 19.7 Å². The first-order valence-electron chi connectivity index (χ1n) is 12.7. The molecule has 0 aliphatic carbocycles. The lowest BCUT2D eigenvalue weighted by Gasteiger charge is -2.26. The fourth-order valence-electron chi connectivity index (χ4n) is 4.76. The summed E-state index contributed by atoms with van der Waals surface area (Å²) in [6.07, 6.45) is 5.19. The number of nitrogens with one attached hydrogen (secondary N) is 2. The van der Waals surface area contributed by atoms with Gasteiger partial charge in [-0.3, -0.25) is 10.4 Å². The molecule has 1 unspecified atom stereocenters. The standard InChI is InChI=1S/C28H24Cl4N8O/c29-21-9-15(11-33)13-39-27(21)35-25(37-39)19-5-1-3-17(23(19)31)18-4-2-6-20(24(18)32)26-36-28-22(30)10-16(12-34-7-8-41)14-40(28)38-26/h1-6,9-10,13-14,28,34,41H,7-8,11-12,33H2,(H,36,38). The maximum Gasteiger partial charge on any atom is 0.183 e. The number of pyridine rings is 1. The van der Waals surface area contributed by atoms with Crippen LogP contribution in [0.25, 0.3) is 28.2 Å². The van der Waals surface area contributed by atoms with Gasteiger partial charge in [0.2, 0.25) is 0 Å². The maximum absolute atomic E-state index is 9.04. The summed E-state index contributed by atoms with van der Waals surface area (Å²) in [6.45, 7) is 1.44. The number of aromatic nitrogens is 3. The summed E-state index contributed by atoms with van der Waals surface area (Å²) < 4.78 is 1.61. The molecule has 0 fully saturated rings. The van der Waals surface area contributed by atoms with Gasteiger partial charge < -0.3 is 16.2 Å². The first-order valence-corrected chi connectivity index (χ1v) is 14.2. The van der Waals surface area contributed by atoms with E-state index < -0.39 is 6.17 Å². The zero-order valence-corrected chi connectivity index (χ0v) is 24.5. The molecule has 0 bridgehead atoms. The van der Waals surface area contributed by atoms with E-state index in [0.717, 1.165) is 22.3 Å². The molecule has 0 saturated carbocycles. The Morgan fingerprint density at radius 2 is 1.71 bits per heavy atom. The molecule has 13 heteroatoms. The summed E-state index contributed by atoms with van der Waals surface area (Å²) in [6, 6.07) is 13.1. The first kappa shape index (κ1) is 28.0. The van der Waals surface area contributed by atoms with E-state index in [1.165, 1.54) is 0 Å². The van der Waals surface area contributed by atoms with Crippen LogP contribution in [0.15, 0.2) is 76.5 Å². The van der Waals surface area contributed by atoms with Crippen LogP contribution in [0.3, 0.4) is 0 Å². The Morgan fingerprint density at radius 3 is 2.44 bits per heavy atom. The molecule has 4 heterocycles. The van der Waals surface area contributed by atoms with Crippen LogP contribution in [-0.4, -0.2) is 56.4 Å². The monoisotopic (exact) mass is 628 g/mol. The van der Waals surface area contributed by atoms with Gasteiger partial charge in [0.25, 0.3) is 0 Å². The third kappa shape index (κ3) is 5.30. The highest BCUT2D eigenvalue weighted by atomic mass is 35.5. The van der Waals surface area contributed by atoms with E-state index in [2.05, 4.69) is 20.8 Å². The van der Waals surface area contributed by atoms with Crippen molar-refractivity contribution in [2.24, 2.45) is 10.7 Å². The van der Waals surface area contributed by atoms with Crippen molar-refractivity contribution in [2.45, 2.75) is 12.7 Å². The number of hydrogen-bond donors (Lipinski definition) is 4. The quantitative estimate of drug-likeness (QED) is 0.203. The average Bonchev–Trinajstić information content (AvgIpc) is 3.59. The highest BCUT2D eigenvalue weighted by Crippen LogP contribution is 2.40.